The van der Waals surface area contributed by atoms with E-state index in [4.69, 9.17) is 4.74 Å². The molecule has 1 aliphatic rings. The maximum absolute atomic E-state index is 12.6. The van der Waals surface area contributed by atoms with Gasteiger partial charge in [-0.3, -0.25) is 14.4 Å². The van der Waals surface area contributed by atoms with E-state index >= 15 is 0 Å². The first kappa shape index (κ1) is 25.0. The van der Waals surface area contributed by atoms with Crippen molar-refractivity contribution in [3.05, 3.63) is 89.0 Å². The molecule has 3 aromatic rings. The average molecular weight is 486 g/mol. The number of benzene rings is 3. The largest absolute Gasteiger partial charge is 0.484 e. The molecule has 36 heavy (non-hydrogen) atoms. The zero-order valence-corrected chi connectivity index (χ0v) is 20.8. The first-order valence-corrected chi connectivity index (χ1v) is 12.0. The summed E-state index contributed by atoms with van der Waals surface area (Å²) in [6.07, 6.45) is 0.177. The third-order valence-electron chi connectivity index (χ3n) is 6.48. The number of carbonyl (C=O) groups is 3. The van der Waals surface area contributed by atoms with Crippen molar-refractivity contribution in [2.24, 2.45) is 5.92 Å². The molecular weight excluding hydrogens is 454 g/mol. The van der Waals surface area contributed by atoms with E-state index < -0.39 is 5.92 Å². The minimum Gasteiger partial charge on any atom is -0.484 e. The van der Waals surface area contributed by atoms with Gasteiger partial charge in [-0.25, -0.2) is 0 Å². The maximum Gasteiger partial charge on any atom is 0.262 e. The highest BCUT2D eigenvalue weighted by molar-refractivity contribution is 6.00. The Bertz CT molecular complexity index is 1250. The highest BCUT2D eigenvalue weighted by Crippen LogP contribution is 2.27. The second-order valence-electron chi connectivity index (χ2n) is 9.19. The molecular formula is C29H31N3O4. The highest BCUT2D eigenvalue weighted by Gasteiger charge is 2.35. The second-order valence-corrected chi connectivity index (χ2v) is 9.19. The van der Waals surface area contributed by atoms with E-state index in [2.05, 4.69) is 10.6 Å². The van der Waals surface area contributed by atoms with Gasteiger partial charge in [0.2, 0.25) is 11.8 Å². The Kier molecular flexibility index (Phi) is 7.68. The quantitative estimate of drug-likeness (QED) is 0.498. The van der Waals surface area contributed by atoms with Crippen LogP contribution in [0.2, 0.25) is 0 Å². The Hall–Kier alpha value is -4.13. The monoisotopic (exact) mass is 485 g/mol. The fraction of sp³-hybridized carbons (Fsp3) is 0.276. The van der Waals surface area contributed by atoms with Crippen molar-refractivity contribution in [2.45, 2.75) is 33.7 Å². The van der Waals surface area contributed by atoms with Crippen molar-refractivity contribution < 1.29 is 19.1 Å². The molecule has 0 saturated carbocycles. The van der Waals surface area contributed by atoms with Gasteiger partial charge >= 0.3 is 0 Å². The van der Waals surface area contributed by atoms with Crippen molar-refractivity contribution in [1.82, 2.24) is 5.32 Å². The Morgan fingerprint density at radius 1 is 0.972 bits per heavy atom. The summed E-state index contributed by atoms with van der Waals surface area (Å²) in [5.41, 5.74) is 5.77. The number of aryl methyl sites for hydroxylation is 2. The van der Waals surface area contributed by atoms with E-state index in [-0.39, 0.29) is 30.7 Å². The Labute approximate surface area is 211 Å². The van der Waals surface area contributed by atoms with Crippen molar-refractivity contribution in [3.8, 4) is 5.75 Å². The fourth-order valence-electron chi connectivity index (χ4n) is 4.12. The zero-order chi connectivity index (χ0) is 25.7. The Balaban J connectivity index is 1.27. The molecule has 1 atom stereocenters. The van der Waals surface area contributed by atoms with Crippen LogP contribution in [0.25, 0.3) is 0 Å². The molecule has 0 bridgehead atoms. The Morgan fingerprint density at radius 2 is 1.69 bits per heavy atom. The lowest BCUT2D eigenvalue weighted by molar-refractivity contribution is -0.126. The van der Waals surface area contributed by atoms with Crippen LogP contribution in [0.4, 0.5) is 11.4 Å². The van der Waals surface area contributed by atoms with Crippen molar-refractivity contribution in [3.63, 3.8) is 0 Å². The van der Waals surface area contributed by atoms with Crippen LogP contribution in [0.5, 0.6) is 5.75 Å². The second kappa shape index (κ2) is 11.1. The number of rotatable bonds is 8. The van der Waals surface area contributed by atoms with E-state index in [0.29, 0.717) is 24.5 Å². The molecule has 7 nitrogen and oxygen atoms in total. The van der Waals surface area contributed by atoms with Gasteiger partial charge in [0.25, 0.3) is 5.91 Å². The number of hydrogen-bond acceptors (Lipinski definition) is 4. The van der Waals surface area contributed by atoms with Crippen molar-refractivity contribution >= 4 is 29.1 Å². The molecule has 7 heteroatoms. The summed E-state index contributed by atoms with van der Waals surface area (Å²) in [6.45, 7) is 6.61. The molecule has 0 aliphatic carbocycles. The third kappa shape index (κ3) is 6.10. The number of nitrogens with one attached hydrogen (secondary N) is 2. The van der Waals surface area contributed by atoms with E-state index in [9.17, 15) is 14.4 Å². The van der Waals surface area contributed by atoms with Crippen LogP contribution in [0.1, 0.15) is 28.7 Å². The lowest BCUT2D eigenvalue weighted by Gasteiger charge is -2.17. The molecule has 3 aromatic carbocycles. The first-order valence-electron chi connectivity index (χ1n) is 12.0. The molecule has 0 radical (unpaired) electrons. The summed E-state index contributed by atoms with van der Waals surface area (Å²) in [7, 11) is 0. The molecule has 1 heterocycles. The van der Waals surface area contributed by atoms with Gasteiger partial charge < -0.3 is 20.3 Å². The van der Waals surface area contributed by atoms with Crippen molar-refractivity contribution in [1.29, 1.82) is 0 Å². The van der Waals surface area contributed by atoms with Crippen LogP contribution in [0.3, 0.4) is 0 Å². The van der Waals surface area contributed by atoms with Crippen LogP contribution in [-0.2, 0) is 20.9 Å². The van der Waals surface area contributed by atoms with Gasteiger partial charge in [-0.2, -0.15) is 0 Å². The average Bonchev–Trinajstić information content (AvgIpc) is 3.27. The van der Waals surface area contributed by atoms with E-state index in [1.807, 2.05) is 63.2 Å². The molecule has 3 amide bonds. The van der Waals surface area contributed by atoms with Crippen molar-refractivity contribution in [2.75, 3.05) is 23.4 Å². The summed E-state index contributed by atoms with van der Waals surface area (Å²) >= 11 is 0. The molecule has 186 valence electrons. The van der Waals surface area contributed by atoms with E-state index in [1.165, 1.54) is 5.56 Å². The number of nitrogens with zero attached hydrogens (tertiary/aromatic N) is 1. The molecule has 2 N–H and O–H groups in total. The molecule has 0 spiro atoms. The topological polar surface area (TPSA) is 87.7 Å². The molecule has 1 saturated heterocycles. The molecule has 4 rings (SSSR count). The zero-order valence-electron chi connectivity index (χ0n) is 20.8. The highest BCUT2D eigenvalue weighted by atomic mass is 16.5. The number of hydrogen-bond donors (Lipinski definition) is 2. The number of anilines is 2. The standard InChI is InChI=1S/C29H31N3O4/c1-19-7-9-22(10-8-19)16-30-29(35)23-15-28(34)32(17-23)24-11-13-25(14-12-24)36-18-27(33)31-26-6-4-5-20(2)21(26)3/h4-14,23H,15-18H2,1-3H3,(H,30,35)(H,31,33)/t23-/m0/s1. The van der Waals surface area contributed by atoms with E-state index in [1.54, 1.807) is 29.2 Å². The Morgan fingerprint density at radius 3 is 2.42 bits per heavy atom. The minimum absolute atomic E-state index is 0.0907. The molecule has 1 aliphatic heterocycles. The summed E-state index contributed by atoms with van der Waals surface area (Å²) in [4.78, 5) is 39.1. The molecule has 1 fully saturated rings. The lowest BCUT2D eigenvalue weighted by Crippen LogP contribution is -2.32. The van der Waals surface area contributed by atoms with Gasteiger partial charge in [-0.15, -0.1) is 0 Å². The summed E-state index contributed by atoms with van der Waals surface area (Å²) < 4.78 is 5.62. The smallest absolute Gasteiger partial charge is 0.262 e. The van der Waals surface area contributed by atoms with Crippen LogP contribution >= 0.6 is 0 Å². The maximum atomic E-state index is 12.6. The SMILES string of the molecule is Cc1ccc(CNC(=O)[C@H]2CC(=O)N(c3ccc(OCC(=O)Nc4cccc(C)c4C)cc3)C2)cc1. The van der Waals surface area contributed by atoms with Crippen LogP contribution in [0, 0.1) is 26.7 Å². The normalized spacial score (nSPS) is 15.0. The number of amides is 3. The van der Waals surface area contributed by atoms with Crippen LogP contribution in [-0.4, -0.2) is 30.9 Å². The predicted molar refractivity (Wildman–Crippen MR) is 140 cm³/mol. The van der Waals surface area contributed by atoms with Gasteiger partial charge in [-0.05, 0) is 67.8 Å². The number of carbonyl (C=O) groups excluding carboxylic acids is 3. The molecule has 0 unspecified atom stereocenters. The van der Waals surface area contributed by atoms with Gasteiger partial charge in [0.1, 0.15) is 5.75 Å². The first-order chi connectivity index (χ1) is 17.3. The summed E-state index contributed by atoms with van der Waals surface area (Å²) in [6, 6.07) is 20.7. The number of ether oxygens (including phenoxy) is 1. The van der Waals surface area contributed by atoms with Crippen LogP contribution < -0.4 is 20.3 Å². The minimum atomic E-state index is -0.396. The third-order valence-corrected chi connectivity index (χ3v) is 6.48. The predicted octanol–water partition coefficient (Wildman–Crippen LogP) is 4.30. The summed E-state index contributed by atoms with van der Waals surface area (Å²) in [5.74, 6) is -0.336. The van der Waals surface area contributed by atoms with Crippen LogP contribution in [0.15, 0.2) is 66.7 Å². The lowest BCUT2D eigenvalue weighted by atomic mass is 10.1. The van der Waals surface area contributed by atoms with Gasteiger partial charge in [0, 0.05) is 30.9 Å². The van der Waals surface area contributed by atoms with Gasteiger partial charge in [0.15, 0.2) is 6.61 Å². The van der Waals surface area contributed by atoms with Gasteiger partial charge in [-0.1, -0.05) is 42.0 Å². The van der Waals surface area contributed by atoms with E-state index in [0.717, 1.165) is 22.4 Å². The summed E-state index contributed by atoms with van der Waals surface area (Å²) in [5, 5.41) is 5.80. The van der Waals surface area contributed by atoms with Gasteiger partial charge in [0.05, 0.1) is 5.92 Å². The fourth-order valence-corrected chi connectivity index (χ4v) is 4.12. The molecule has 0 aromatic heterocycles.